The highest BCUT2D eigenvalue weighted by Crippen LogP contribution is 2.43. The van der Waals surface area contributed by atoms with E-state index >= 15 is 0 Å². The van der Waals surface area contributed by atoms with Crippen LogP contribution in [0.2, 0.25) is 5.02 Å². The summed E-state index contributed by atoms with van der Waals surface area (Å²) in [5.41, 5.74) is 3.48. The van der Waals surface area contributed by atoms with Gasteiger partial charge in [-0.15, -0.1) is 0 Å². The van der Waals surface area contributed by atoms with Crippen molar-refractivity contribution >= 4 is 46.3 Å². The van der Waals surface area contributed by atoms with E-state index in [-0.39, 0.29) is 5.91 Å². The molecular weight excluding hydrogens is 380 g/mol. The SMILES string of the molecule is CC(C)(C)OC(=O)Nc1ccc2c(c1)/C(=C1\C(=O)Nc3ccc(Cl)cc31)OC2. The molecule has 6 nitrogen and oxygen atoms in total. The Balaban J connectivity index is 1.72. The van der Waals surface area contributed by atoms with E-state index < -0.39 is 11.7 Å². The number of anilines is 2. The Hall–Kier alpha value is -2.99. The van der Waals surface area contributed by atoms with E-state index in [1.165, 1.54) is 0 Å². The fraction of sp³-hybridized carbons (Fsp3) is 0.238. The van der Waals surface area contributed by atoms with Gasteiger partial charge < -0.3 is 14.8 Å². The van der Waals surface area contributed by atoms with E-state index in [9.17, 15) is 9.59 Å². The highest BCUT2D eigenvalue weighted by atomic mass is 35.5. The first-order valence-corrected chi connectivity index (χ1v) is 9.21. The number of benzene rings is 2. The first-order valence-electron chi connectivity index (χ1n) is 8.83. The first kappa shape index (κ1) is 18.4. The predicted molar refractivity (Wildman–Crippen MR) is 108 cm³/mol. The van der Waals surface area contributed by atoms with Gasteiger partial charge in [0.15, 0.2) is 0 Å². The molecule has 144 valence electrons. The van der Waals surface area contributed by atoms with Gasteiger partial charge >= 0.3 is 6.09 Å². The molecule has 0 aromatic heterocycles. The van der Waals surface area contributed by atoms with Crippen molar-refractivity contribution in [2.75, 3.05) is 10.6 Å². The fourth-order valence-electron chi connectivity index (χ4n) is 3.21. The fourth-order valence-corrected chi connectivity index (χ4v) is 3.38. The van der Waals surface area contributed by atoms with Crippen molar-refractivity contribution in [1.29, 1.82) is 0 Å². The smallest absolute Gasteiger partial charge is 0.412 e. The summed E-state index contributed by atoms with van der Waals surface area (Å²) in [4.78, 5) is 24.6. The van der Waals surface area contributed by atoms with Crippen LogP contribution in [0.15, 0.2) is 36.4 Å². The van der Waals surface area contributed by atoms with Gasteiger partial charge in [0.1, 0.15) is 18.0 Å². The van der Waals surface area contributed by atoms with Crippen molar-refractivity contribution in [1.82, 2.24) is 0 Å². The molecule has 7 heteroatoms. The Labute approximate surface area is 167 Å². The largest absolute Gasteiger partial charge is 0.487 e. The summed E-state index contributed by atoms with van der Waals surface area (Å²) in [6, 6.07) is 10.6. The van der Waals surface area contributed by atoms with Gasteiger partial charge in [0.05, 0.1) is 5.57 Å². The number of ether oxygens (including phenoxy) is 2. The lowest BCUT2D eigenvalue weighted by molar-refractivity contribution is -0.110. The maximum Gasteiger partial charge on any atom is 0.412 e. The second kappa shape index (κ2) is 6.56. The van der Waals surface area contributed by atoms with Crippen LogP contribution in [0.1, 0.15) is 37.5 Å². The molecule has 2 aromatic rings. The molecule has 0 bridgehead atoms. The topological polar surface area (TPSA) is 76.7 Å². The highest BCUT2D eigenvalue weighted by Gasteiger charge is 2.33. The molecule has 0 fully saturated rings. The van der Waals surface area contributed by atoms with Crippen LogP contribution in [0.4, 0.5) is 16.2 Å². The van der Waals surface area contributed by atoms with Crippen LogP contribution in [-0.2, 0) is 20.9 Å². The van der Waals surface area contributed by atoms with E-state index in [1.54, 1.807) is 51.1 Å². The van der Waals surface area contributed by atoms with Gasteiger partial charge in [-0.05, 0) is 51.1 Å². The Bertz CT molecular complexity index is 1040. The van der Waals surface area contributed by atoms with Gasteiger partial charge in [-0.2, -0.15) is 0 Å². The summed E-state index contributed by atoms with van der Waals surface area (Å²) in [5.74, 6) is 0.229. The normalized spacial score (nSPS) is 17.5. The average molecular weight is 399 g/mol. The lowest BCUT2D eigenvalue weighted by Gasteiger charge is -2.19. The van der Waals surface area contributed by atoms with E-state index in [0.717, 1.165) is 11.1 Å². The van der Waals surface area contributed by atoms with Gasteiger partial charge in [0, 0.05) is 33.1 Å². The Morgan fingerprint density at radius 1 is 1.18 bits per heavy atom. The number of hydrogen-bond acceptors (Lipinski definition) is 4. The third kappa shape index (κ3) is 3.43. The molecule has 0 unspecified atom stereocenters. The van der Waals surface area contributed by atoms with E-state index in [2.05, 4.69) is 10.6 Å². The maximum absolute atomic E-state index is 12.6. The molecule has 0 saturated carbocycles. The van der Waals surface area contributed by atoms with Crippen LogP contribution in [0.3, 0.4) is 0 Å². The summed E-state index contributed by atoms with van der Waals surface area (Å²) >= 11 is 6.11. The van der Waals surface area contributed by atoms with E-state index in [0.29, 0.717) is 39.9 Å². The monoisotopic (exact) mass is 398 g/mol. The third-order valence-electron chi connectivity index (χ3n) is 4.33. The summed E-state index contributed by atoms with van der Waals surface area (Å²) in [6.45, 7) is 5.75. The maximum atomic E-state index is 12.6. The van der Waals surface area contributed by atoms with Crippen molar-refractivity contribution in [3.05, 3.63) is 58.1 Å². The van der Waals surface area contributed by atoms with Crippen molar-refractivity contribution < 1.29 is 19.1 Å². The van der Waals surface area contributed by atoms with E-state index in [4.69, 9.17) is 21.1 Å². The highest BCUT2D eigenvalue weighted by molar-refractivity contribution is 6.38. The van der Waals surface area contributed by atoms with Crippen molar-refractivity contribution in [2.45, 2.75) is 33.0 Å². The van der Waals surface area contributed by atoms with Gasteiger partial charge in [0.2, 0.25) is 0 Å². The summed E-state index contributed by atoms with van der Waals surface area (Å²) in [6.07, 6.45) is -0.545. The molecule has 2 aliphatic rings. The number of amides is 2. The summed E-state index contributed by atoms with van der Waals surface area (Å²) in [7, 11) is 0. The van der Waals surface area contributed by atoms with Gasteiger partial charge in [-0.1, -0.05) is 17.7 Å². The van der Waals surface area contributed by atoms with Gasteiger partial charge in [-0.25, -0.2) is 4.79 Å². The van der Waals surface area contributed by atoms with Gasteiger partial charge in [-0.3, -0.25) is 10.1 Å². The average Bonchev–Trinajstić information content (AvgIpc) is 3.12. The minimum absolute atomic E-state index is 0.245. The molecule has 0 radical (unpaired) electrons. The number of rotatable bonds is 1. The number of carbonyl (C=O) groups excluding carboxylic acids is 2. The van der Waals surface area contributed by atoms with Crippen LogP contribution in [0, 0.1) is 0 Å². The number of fused-ring (bicyclic) bond motifs is 2. The quantitative estimate of drug-likeness (QED) is 0.660. The van der Waals surface area contributed by atoms with Crippen LogP contribution >= 0.6 is 11.6 Å². The molecule has 0 aliphatic carbocycles. The number of hydrogen-bond donors (Lipinski definition) is 2. The molecule has 2 heterocycles. The van der Waals surface area contributed by atoms with Crippen molar-refractivity contribution in [3.63, 3.8) is 0 Å². The molecule has 2 aromatic carbocycles. The lowest BCUT2D eigenvalue weighted by Crippen LogP contribution is -2.27. The van der Waals surface area contributed by atoms with Crippen LogP contribution < -0.4 is 10.6 Å². The standard InChI is InChI=1S/C21H19ClN2O4/c1-21(2,3)28-20(26)23-13-6-4-11-10-27-18(14(11)9-13)17-15-8-12(22)5-7-16(15)24-19(17)25/h4-9H,10H2,1-3H3,(H,23,26)(H,24,25)/b18-17+. The zero-order valence-electron chi connectivity index (χ0n) is 15.7. The molecule has 2 amide bonds. The van der Waals surface area contributed by atoms with Gasteiger partial charge in [0.25, 0.3) is 5.91 Å². The van der Waals surface area contributed by atoms with Crippen LogP contribution in [0.5, 0.6) is 0 Å². The molecule has 4 rings (SSSR count). The third-order valence-corrected chi connectivity index (χ3v) is 4.56. The Kier molecular flexibility index (Phi) is 4.31. The number of halogens is 1. The summed E-state index contributed by atoms with van der Waals surface area (Å²) < 4.78 is 11.1. The predicted octanol–water partition coefficient (Wildman–Crippen LogP) is 5.04. The zero-order valence-corrected chi connectivity index (χ0v) is 16.4. The molecule has 28 heavy (non-hydrogen) atoms. The Morgan fingerprint density at radius 3 is 2.71 bits per heavy atom. The second-order valence-electron chi connectivity index (χ2n) is 7.64. The molecule has 0 spiro atoms. The number of carbonyl (C=O) groups is 2. The Morgan fingerprint density at radius 2 is 1.96 bits per heavy atom. The lowest BCUT2D eigenvalue weighted by atomic mass is 10.00. The minimum Gasteiger partial charge on any atom is -0.487 e. The summed E-state index contributed by atoms with van der Waals surface area (Å²) in [5, 5.41) is 6.08. The minimum atomic E-state index is -0.595. The van der Waals surface area contributed by atoms with Crippen LogP contribution in [0.25, 0.3) is 11.3 Å². The first-order chi connectivity index (χ1) is 13.2. The van der Waals surface area contributed by atoms with E-state index in [1.807, 2.05) is 6.07 Å². The zero-order chi connectivity index (χ0) is 20.1. The molecule has 0 saturated heterocycles. The molecular formula is C21H19ClN2O4. The molecule has 2 N–H and O–H groups in total. The molecule has 2 aliphatic heterocycles. The molecule has 0 atom stereocenters. The van der Waals surface area contributed by atoms with Crippen LogP contribution in [-0.4, -0.2) is 17.6 Å². The number of nitrogens with one attached hydrogen (secondary N) is 2. The van der Waals surface area contributed by atoms with Crippen molar-refractivity contribution in [2.24, 2.45) is 0 Å². The van der Waals surface area contributed by atoms with Crippen molar-refractivity contribution in [3.8, 4) is 0 Å². The second-order valence-corrected chi connectivity index (χ2v) is 8.07.